The molecule has 2 rings (SSSR count). The maximum Gasteiger partial charge on any atom is 0.222 e. The molecule has 0 aliphatic heterocycles. The highest BCUT2D eigenvalue weighted by Crippen LogP contribution is 2.27. The second-order valence-electron chi connectivity index (χ2n) is 5.96. The summed E-state index contributed by atoms with van der Waals surface area (Å²) in [5.74, 6) is 0.516. The summed E-state index contributed by atoms with van der Waals surface area (Å²) in [5.41, 5.74) is 1.14. The van der Waals surface area contributed by atoms with Crippen LogP contribution >= 0.6 is 0 Å². The summed E-state index contributed by atoms with van der Waals surface area (Å²) in [6.45, 7) is 0. The van der Waals surface area contributed by atoms with E-state index >= 15 is 0 Å². The highest BCUT2D eigenvalue weighted by Gasteiger charge is 2.20. The van der Waals surface area contributed by atoms with E-state index in [0.29, 0.717) is 18.8 Å². The molecule has 1 aliphatic carbocycles. The molecule has 0 aromatic heterocycles. The molecule has 1 fully saturated rings. The van der Waals surface area contributed by atoms with E-state index in [9.17, 15) is 9.59 Å². The Hall–Kier alpha value is -1.64. The van der Waals surface area contributed by atoms with Gasteiger partial charge >= 0.3 is 0 Å². The van der Waals surface area contributed by atoms with Crippen LogP contribution in [0.3, 0.4) is 0 Å². The predicted octanol–water partition coefficient (Wildman–Crippen LogP) is 3.18. The molecule has 3 nitrogen and oxygen atoms in total. The van der Waals surface area contributed by atoms with Crippen molar-refractivity contribution in [1.82, 2.24) is 5.32 Å². The first-order chi connectivity index (χ1) is 10.3. The van der Waals surface area contributed by atoms with Gasteiger partial charge in [0.25, 0.3) is 0 Å². The van der Waals surface area contributed by atoms with E-state index in [1.807, 2.05) is 36.6 Å². The summed E-state index contributed by atoms with van der Waals surface area (Å²) in [6, 6.07) is 9.50. The van der Waals surface area contributed by atoms with Gasteiger partial charge in [0.15, 0.2) is 0 Å². The summed E-state index contributed by atoms with van der Waals surface area (Å²) in [4.78, 5) is 23.0. The first kappa shape index (κ1) is 15.7. The number of carbonyl (C=O) groups is 1. The molecule has 0 unspecified atom stereocenters. The minimum absolute atomic E-state index is 0.0528. The third kappa shape index (κ3) is 5.70. The quantitative estimate of drug-likeness (QED) is 0.836. The van der Waals surface area contributed by atoms with E-state index in [0.717, 1.165) is 12.0 Å². The Morgan fingerprint density at radius 1 is 1.19 bits per heavy atom. The second kappa shape index (κ2) is 8.60. The Kier molecular flexibility index (Phi) is 6.45. The molecule has 0 heterocycles. The minimum Gasteiger partial charge on any atom is -0.346 e. The molecule has 0 spiro atoms. The fourth-order valence-electron chi connectivity index (χ4n) is 3.06. The first-order valence-corrected chi connectivity index (χ1v) is 7.99. The maximum atomic E-state index is 11.9. The number of nitrogens with one attached hydrogen (secondary N) is 1. The number of benzene rings is 1. The number of hydrogen-bond donors (Lipinski definition) is 1. The van der Waals surface area contributed by atoms with Gasteiger partial charge in [-0.15, -0.1) is 0 Å². The van der Waals surface area contributed by atoms with Crippen LogP contribution in [-0.4, -0.2) is 18.2 Å². The second-order valence-corrected chi connectivity index (χ2v) is 5.96. The lowest BCUT2D eigenvalue weighted by Crippen LogP contribution is -2.37. The molecule has 0 saturated heterocycles. The number of amides is 1. The van der Waals surface area contributed by atoms with Crippen LogP contribution in [0.2, 0.25) is 0 Å². The molecule has 3 heteroatoms. The smallest absolute Gasteiger partial charge is 0.222 e. The lowest BCUT2D eigenvalue weighted by Gasteiger charge is -2.24. The SMILES string of the molecule is O=[C][C@H](CC1CCCCC1)NC(=O)CCc1ccccc1. The average Bonchev–Trinajstić information content (AvgIpc) is 2.54. The van der Waals surface area contributed by atoms with E-state index in [4.69, 9.17) is 0 Å². The zero-order chi connectivity index (χ0) is 14.9. The van der Waals surface area contributed by atoms with Gasteiger partial charge in [0.2, 0.25) is 12.2 Å². The predicted molar refractivity (Wildman–Crippen MR) is 83.6 cm³/mol. The maximum absolute atomic E-state index is 11.9. The first-order valence-electron chi connectivity index (χ1n) is 7.99. The molecular formula is C18H24NO2. The van der Waals surface area contributed by atoms with Crippen LogP contribution in [0, 0.1) is 5.92 Å². The minimum atomic E-state index is -0.434. The lowest BCUT2D eigenvalue weighted by molar-refractivity contribution is -0.121. The lowest BCUT2D eigenvalue weighted by atomic mass is 9.85. The molecule has 113 valence electrons. The zero-order valence-corrected chi connectivity index (χ0v) is 12.5. The van der Waals surface area contributed by atoms with Crippen molar-refractivity contribution in [2.45, 2.75) is 57.4 Å². The fraction of sp³-hybridized carbons (Fsp3) is 0.556. The van der Waals surface area contributed by atoms with Crippen LogP contribution in [-0.2, 0) is 16.0 Å². The molecule has 1 atom stereocenters. The molecule has 21 heavy (non-hydrogen) atoms. The Labute approximate surface area is 127 Å². The van der Waals surface area contributed by atoms with Crippen molar-refractivity contribution in [3.05, 3.63) is 35.9 Å². The van der Waals surface area contributed by atoms with Crippen LogP contribution in [0.5, 0.6) is 0 Å². The molecule has 1 aromatic rings. The summed E-state index contributed by atoms with van der Waals surface area (Å²) in [6.07, 6.45) is 10.0. The topological polar surface area (TPSA) is 46.2 Å². The van der Waals surface area contributed by atoms with Crippen LogP contribution < -0.4 is 5.32 Å². The molecular weight excluding hydrogens is 262 g/mol. The Morgan fingerprint density at radius 2 is 1.90 bits per heavy atom. The van der Waals surface area contributed by atoms with Crippen molar-refractivity contribution in [3.63, 3.8) is 0 Å². The van der Waals surface area contributed by atoms with Crippen LogP contribution in [0.15, 0.2) is 30.3 Å². The normalized spacial score (nSPS) is 17.1. The van der Waals surface area contributed by atoms with Crippen molar-refractivity contribution in [3.8, 4) is 0 Å². The van der Waals surface area contributed by atoms with Gasteiger partial charge in [-0.25, -0.2) is 0 Å². The number of hydrogen-bond acceptors (Lipinski definition) is 2. The van der Waals surface area contributed by atoms with Gasteiger partial charge in [-0.3, -0.25) is 9.59 Å². The third-order valence-electron chi connectivity index (χ3n) is 4.25. The molecule has 1 amide bonds. The molecule has 1 radical (unpaired) electrons. The van der Waals surface area contributed by atoms with Crippen LogP contribution in [0.1, 0.15) is 50.5 Å². The van der Waals surface area contributed by atoms with Gasteiger partial charge in [0, 0.05) is 6.42 Å². The number of aryl methyl sites for hydroxylation is 1. The Bertz CT molecular complexity index is 438. The van der Waals surface area contributed by atoms with E-state index in [1.54, 1.807) is 0 Å². The molecule has 1 aliphatic rings. The summed E-state index contributed by atoms with van der Waals surface area (Å²) in [5, 5.41) is 2.82. The third-order valence-corrected chi connectivity index (χ3v) is 4.25. The fourth-order valence-corrected chi connectivity index (χ4v) is 3.06. The van der Waals surface area contributed by atoms with Crippen molar-refractivity contribution in [2.75, 3.05) is 0 Å². The van der Waals surface area contributed by atoms with Gasteiger partial charge in [-0.1, -0.05) is 62.4 Å². The monoisotopic (exact) mass is 286 g/mol. The largest absolute Gasteiger partial charge is 0.346 e. The molecule has 0 bridgehead atoms. The van der Waals surface area contributed by atoms with Gasteiger partial charge in [-0.2, -0.15) is 0 Å². The highest BCUT2D eigenvalue weighted by molar-refractivity contribution is 5.79. The Balaban J connectivity index is 1.72. The van der Waals surface area contributed by atoms with Crippen LogP contribution in [0.4, 0.5) is 0 Å². The van der Waals surface area contributed by atoms with E-state index in [2.05, 4.69) is 5.32 Å². The molecule has 1 N–H and O–H groups in total. The van der Waals surface area contributed by atoms with E-state index in [1.165, 1.54) is 32.1 Å². The number of carbonyl (C=O) groups excluding carboxylic acids is 2. The molecule has 1 saturated carbocycles. The van der Waals surface area contributed by atoms with E-state index in [-0.39, 0.29) is 5.91 Å². The van der Waals surface area contributed by atoms with Crippen molar-refractivity contribution in [1.29, 1.82) is 0 Å². The van der Waals surface area contributed by atoms with Crippen LogP contribution in [0.25, 0.3) is 0 Å². The summed E-state index contributed by atoms with van der Waals surface area (Å²) < 4.78 is 0. The van der Waals surface area contributed by atoms with Gasteiger partial charge < -0.3 is 5.32 Å². The van der Waals surface area contributed by atoms with Crippen molar-refractivity contribution in [2.24, 2.45) is 5.92 Å². The Morgan fingerprint density at radius 3 is 2.57 bits per heavy atom. The highest BCUT2D eigenvalue weighted by atomic mass is 16.2. The van der Waals surface area contributed by atoms with Gasteiger partial charge in [-0.05, 0) is 24.3 Å². The molecule has 1 aromatic carbocycles. The van der Waals surface area contributed by atoms with Gasteiger partial charge in [0.1, 0.15) is 0 Å². The van der Waals surface area contributed by atoms with Crippen molar-refractivity contribution >= 4 is 12.2 Å². The summed E-state index contributed by atoms with van der Waals surface area (Å²) in [7, 11) is 0. The number of rotatable bonds is 7. The standard InChI is InChI=1S/C18H24NO2/c20-14-17(13-16-9-5-2-6-10-16)19-18(21)12-11-15-7-3-1-4-8-15/h1,3-4,7-8,16-17H,2,5-6,9-13H2,(H,19,21)/t17-/m0/s1. The average molecular weight is 286 g/mol. The zero-order valence-electron chi connectivity index (χ0n) is 12.5. The summed E-state index contributed by atoms with van der Waals surface area (Å²) >= 11 is 0. The van der Waals surface area contributed by atoms with Gasteiger partial charge in [0.05, 0.1) is 6.04 Å². The van der Waals surface area contributed by atoms with Crippen molar-refractivity contribution < 1.29 is 9.59 Å². The van der Waals surface area contributed by atoms with E-state index < -0.39 is 6.04 Å².